The molecular weight excluding hydrogens is 294 g/mol. The summed E-state index contributed by atoms with van der Waals surface area (Å²) < 4.78 is 6.15. The van der Waals surface area contributed by atoms with E-state index in [4.69, 9.17) is 4.74 Å². The van der Waals surface area contributed by atoms with Crippen molar-refractivity contribution in [2.75, 3.05) is 27.2 Å². The summed E-state index contributed by atoms with van der Waals surface area (Å²) in [5.41, 5.74) is 2.46. The number of thiophene rings is 1. The van der Waals surface area contributed by atoms with E-state index in [9.17, 15) is 0 Å². The van der Waals surface area contributed by atoms with Crippen LogP contribution in [0.2, 0.25) is 0 Å². The minimum absolute atomic E-state index is 0.285. The molecule has 0 amide bonds. The number of nitrogens with zero attached hydrogens (tertiary/aromatic N) is 3. The van der Waals surface area contributed by atoms with Gasteiger partial charge in [-0.1, -0.05) is 0 Å². The molecule has 1 saturated heterocycles. The van der Waals surface area contributed by atoms with Crippen molar-refractivity contribution in [3.8, 4) is 5.75 Å². The molecular formula is C17H23N3OS. The highest BCUT2D eigenvalue weighted by Gasteiger charge is 2.24. The molecule has 5 heteroatoms. The topological polar surface area (TPSA) is 28.6 Å². The van der Waals surface area contributed by atoms with Crippen LogP contribution in [-0.2, 0) is 13.1 Å². The van der Waals surface area contributed by atoms with Crippen molar-refractivity contribution in [3.63, 3.8) is 0 Å². The normalized spacial score (nSPS) is 19.0. The largest absolute Gasteiger partial charge is 0.489 e. The third kappa shape index (κ3) is 4.29. The molecule has 0 spiro atoms. The van der Waals surface area contributed by atoms with Crippen LogP contribution in [0.3, 0.4) is 0 Å². The van der Waals surface area contributed by atoms with E-state index >= 15 is 0 Å². The second-order valence-corrected chi connectivity index (χ2v) is 6.90. The van der Waals surface area contributed by atoms with Gasteiger partial charge in [-0.05, 0) is 49.0 Å². The third-order valence-corrected chi connectivity index (χ3v) is 4.52. The highest BCUT2D eigenvalue weighted by Crippen LogP contribution is 2.21. The first-order chi connectivity index (χ1) is 10.7. The lowest BCUT2D eigenvalue weighted by atomic mass is 10.3. The van der Waals surface area contributed by atoms with Crippen LogP contribution in [0.1, 0.15) is 17.7 Å². The molecule has 2 aromatic heterocycles. The zero-order valence-electron chi connectivity index (χ0n) is 13.2. The Morgan fingerprint density at radius 2 is 2.32 bits per heavy atom. The molecule has 0 bridgehead atoms. The molecule has 1 aliphatic rings. The van der Waals surface area contributed by atoms with Gasteiger partial charge in [-0.3, -0.25) is 9.88 Å². The van der Waals surface area contributed by atoms with Gasteiger partial charge in [0.05, 0.1) is 5.69 Å². The van der Waals surface area contributed by atoms with Crippen molar-refractivity contribution < 1.29 is 4.74 Å². The molecule has 4 nitrogen and oxygen atoms in total. The Hall–Kier alpha value is -1.43. The quantitative estimate of drug-likeness (QED) is 0.819. The number of rotatable bonds is 6. The molecule has 22 heavy (non-hydrogen) atoms. The van der Waals surface area contributed by atoms with Crippen LogP contribution < -0.4 is 4.74 Å². The zero-order chi connectivity index (χ0) is 15.4. The third-order valence-electron chi connectivity index (χ3n) is 3.78. The van der Waals surface area contributed by atoms with E-state index in [2.05, 4.69) is 51.8 Å². The first kappa shape index (κ1) is 15.5. The Kier molecular flexibility index (Phi) is 5.08. The lowest BCUT2D eigenvalue weighted by Crippen LogP contribution is -2.24. The van der Waals surface area contributed by atoms with Crippen molar-refractivity contribution in [3.05, 3.63) is 46.4 Å². The van der Waals surface area contributed by atoms with E-state index in [-0.39, 0.29) is 6.10 Å². The maximum atomic E-state index is 6.15. The number of hydrogen-bond donors (Lipinski definition) is 0. The van der Waals surface area contributed by atoms with Crippen LogP contribution >= 0.6 is 11.3 Å². The van der Waals surface area contributed by atoms with Gasteiger partial charge in [-0.2, -0.15) is 11.3 Å². The molecule has 1 aliphatic heterocycles. The molecule has 0 aromatic carbocycles. The van der Waals surface area contributed by atoms with Crippen LogP contribution in [0.5, 0.6) is 5.75 Å². The Bertz CT molecular complexity index is 585. The molecule has 0 aliphatic carbocycles. The maximum Gasteiger partial charge on any atom is 0.123 e. The number of hydrogen-bond acceptors (Lipinski definition) is 5. The van der Waals surface area contributed by atoms with Crippen LogP contribution in [-0.4, -0.2) is 48.1 Å². The minimum Gasteiger partial charge on any atom is -0.489 e. The van der Waals surface area contributed by atoms with E-state index in [1.807, 2.05) is 12.3 Å². The second kappa shape index (κ2) is 7.22. The number of likely N-dealkylation sites (tertiary alicyclic amines) is 1. The lowest BCUT2D eigenvalue weighted by molar-refractivity contribution is 0.198. The Labute approximate surface area is 136 Å². The van der Waals surface area contributed by atoms with E-state index in [1.165, 1.54) is 5.56 Å². The summed E-state index contributed by atoms with van der Waals surface area (Å²) in [6.45, 7) is 3.98. The van der Waals surface area contributed by atoms with E-state index in [1.54, 1.807) is 11.3 Å². The van der Waals surface area contributed by atoms with Crippen LogP contribution in [0.15, 0.2) is 35.2 Å². The summed E-state index contributed by atoms with van der Waals surface area (Å²) >= 11 is 1.76. The lowest BCUT2D eigenvalue weighted by Gasteiger charge is -2.17. The highest BCUT2D eigenvalue weighted by atomic mass is 32.1. The molecule has 1 atom stereocenters. The Balaban J connectivity index is 1.53. The van der Waals surface area contributed by atoms with E-state index in [0.29, 0.717) is 0 Å². The number of pyridine rings is 1. The fraction of sp³-hybridized carbons (Fsp3) is 0.471. The van der Waals surface area contributed by atoms with Crippen LogP contribution in [0.4, 0.5) is 0 Å². The summed E-state index contributed by atoms with van der Waals surface area (Å²) in [4.78, 5) is 8.97. The van der Waals surface area contributed by atoms with Gasteiger partial charge in [-0.25, -0.2) is 0 Å². The molecule has 3 rings (SSSR count). The zero-order valence-corrected chi connectivity index (χ0v) is 14.1. The average Bonchev–Trinajstić information content (AvgIpc) is 3.11. The summed E-state index contributed by atoms with van der Waals surface area (Å²) in [7, 11) is 4.10. The molecule has 118 valence electrons. The van der Waals surface area contributed by atoms with Gasteiger partial charge in [-0.15, -0.1) is 0 Å². The average molecular weight is 317 g/mol. The Morgan fingerprint density at radius 1 is 1.41 bits per heavy atom. The van der Waals surface area contributed by atoms with Gasteiger partial charge in [0.25, 0.3) is 0 Å². The fourth-order valence-corrected chi connectivity index (χ4v) is 3.47. The first-order valence-corrected chi connectivity index (χ1v) is 8.63. The van der Waals surface area contributed by atoms with Gasteiger partial charge in [0.2, 0.25) is 0 Å². The number of ether oxygens (including phenoxy) is 1. The van der Waals surface area contributed by atoms with Gasteiger partial charge in [0.15, 0.2) is 0 Å². The summed E-state index contributed by atoms with van der Waals surface area (Å²) in [6.07, 6.45) is 3.22. The molecule has 2 aromatic rings. The van der Waals surface area contributed by atoms with Crippen LogP contribution in [0.25, 0.3) is 0 Å². The molecule has 1 fully saturated rings. The van der Waals surface area contributed by atoms with Crippen molar-refractivity contribution >= 4 is 11.3 Å². The summed E-state index contributed by atoms with van der Waals surface area (Å²) in [6, 6.07) is 6.22. The molecule has 0 radical (unpaired) electrons. The summed E-state index contributed by atoms with van der Waals surface area (Å²) in [5.74, 6) is 0.939. The summed E-state index contributed by atoms with van der Waals surface area (Å²) in [5, 5.41) is 4.37. The molecule has 0 N–H and O–H groups in total. The fourth-order valence-electron chi connectivity index (χ4n) is 2.81. The molecule has 0 saturated carbocycles. The van der Waals surface area contributed by atoms with Crippen molar-refractivity contribution in [1.82, 2.24) is 14.8 Å². The van der Waals surface area contributed by atoms with Crippen molar-refractivity contribution in [2.24, 2.45) is 0 Å². The smallest absolute Gasteiger partial charge is 0.123 e. The Morgan fingerprint density at radius 3 is 3.09 bits per heavy atom. The van der Waals surface area contributed by atoms with Gasteiger partial charge in [0, 0.05) is 38.4 Å². The van der Waals surface area contributed by atoms with Crippen molar-refractivity contribution in [2.45, 2.75) is 25.6 Å². The molecule has 1 unspecified atom stereocenters. The van der Waals surface area contributed by atoms with Gasteiger partial charge < -0.3 is 9.64 Å². The highest BCUT2D eigenvalue weighted by molar-refractivity contribution is 7.07. The van der Waals surface area contributed by atoms with Gasteiger partial charge in [0.1, 0.15) is 11.9 Å². The SMILES string of the molecule is CN(C)Cc1cc(OC2CCN(Cc3ccsc3)C2)ccn1. The van der Waals surface area contributed by atoms with Crippen molar-refractivity contribution in [1.29, 1.82) is 0 Å². The van der Waals surface area contributed by atoms with E-state index in [0.717, 1.165) is 44.0 Å². The maximum absolute atomic E-state index is 6.15. The minimum atomic E-state index is 0.285. The monoisotopic (exact) mass is 317 g/mol. The predicted molar refractivity (Wildman–Crippen MR) is 90.3 cm³/mol. The van der Waals surface area contributed by atoms with Crippen LogP contribution in [0, 0.1) is 0 Å². The molecule has 3 heterocycles. The second-order valence-electron chi connectivity index (χ2n) is 6.12. The van der Waals surface area contributed by atoms with Gasteiger partial charge >= 0.3 is 0 Å². The standard InChI is InChI=1S/C17H23N3OS/c1-19(2)11-15-9-16(3-6-18-15)21-17-4-7-20(12-17)10-14-5-8-22-13-14/h3,5-6,8-9,13,17H,4,7,10-12H2,1-2H3. The predicted octanol–water partition coefficient (Wildman–Crippen LogP) is 2.86. The number of aromatic nitrogens is 1. The first-order valence-electron chi connectivity index (χ1n) is 7.69. The van der Waals surface area contributed by atoms with E-state index < -0.39 is 0 Å².